The van der Waals surface area contributed by atoms with Crippen LogP contribution < -0.4 is 10.6 Å². The summed E-state index contributed by atoms with van der Waals surface area (Å²) in [6.07, 6.45) is 4.15. The molecule has 3 amide bonds. The number of nitrogens with zero attached hydrogens (tertiary/aromatic N) is 5. The molecule has 1 fully saturated rings. The van der Waals surface area contributed by atoms with Crippen molar-refractivity contribution in [2.24, 2.45) is 13.0 Å². The van der Waals surface area contributed by atoms with Crippen molar-refractivity contribution in [2.75, 3.05) is 17.7 Å². The van der Waals surface area contributed by atoms with Crippen LogP contribution in [0, 0.1) is 25.6 Å². The number of aryl methyl sites for hydroxylation is 3. The van der Waals surface area contributed by atoms with Crippen molar-refractivity contribution >= 4 is 29.4 Å². The summed E-state index contributed by atoms with van der Waals surface area (Å²) in [7, 11) is 3.32. The predicted molar refractivity (Wildman–Crippen MR) is 142 cm³/mol. The van der Waals surface area contributed by atoms with Crippen molar-refractivity contribution < 1.29 is 18.8 Å². The molecule has 0 saturated carbocycles. The molecule has 1 saturated heterocycles. The van der Waals surface area contributed by atoms with Crippen LogP contribution in [-0.2, 0) is 27.9 Å². The molecule has 38 heavy (non-hydrogen) atoms. The number of rotatable bonds is 8. The Kier molecular flexibility index (Phi) is 7.61. The number of β-lactam (4-membered cyclic amide) rings is 1. The van der Waals surface area contributed by atoms with Gasteiger partial charge in [-0.3, -0.25) is 28.9 Å². The van der Waals surface area contributed by atoms with E-state index in [2.05, 4.69) is 10.1 Å². The monoisotopic (exact) mass is 520 g/mol. The lowest BCUT2D eigenvalue weighted by molar-refractivity contribution is -0.170. The maximum Gasteiger partial charge on any atom is 0.252 e. The molecule has 3 heterocycles. The fraction of sp³-hybridized carbons (Fsp3) is 0.393. The molecule has 0 aliphatic carbocycles. The average Bonchev–Trinajstić information content (AvgIpc) is 3.32. The summed E-state index contributed by atoms with van der Waals surface area (Å²) in [6, 6.07) is 7.60. The highest BCUT2D eigenvalue weighted by Crippen LogP contribution is 2.35. The molecule has 1 aliphatic heterocycles. The van der Waals surface area contributed by atoms with Gasteiger partial charge in [0.25, 0.3) is 5.91 Å². The van der Waals surface area contributed by atoms with Crippen molar-refractivity contribution in [2.45, 2.75) is 52.0 Å². The molecule has 1 aliphatic rings. The highest BCUT2D eigenvalue weighted by molar-refractivity contribution is 6.12. The number of benzene rings is 1. The summed E-state index contributed by atoms with van der Waals surface area (Å²) in [4.78, 5) is 47.0. The van der Waals surface area contributed by atoms with Crippen LogP contribution in [-0.4, -0.2) is 50.5 Å². The number of pyridine rings is 1. The fourth-order valence-corrected chi connectivity index (χ4v) is 5.10. The van der Waals surface area contributed by atoms with Gasteiger partial charge in [-0.25, -0.2) is 9.37 Å². The third-order valence-electron chi connectivity index (χ3n) is 7.25. The predicted octanol–water partition coefficient (Wildman–Crippen LogP) is 3.30. The van der Waals surface area contributed by atoms with Crippen LogP contribution in [0.3, 0.4) is 0 Å². The van der Waals surface area contributed by atoms with Crippen molar-refractivity contribution in [1.82, 2.24) is 19.7 Å². The Bertz CT molecular complexity index is 1360. The number of imide groups is 1. The SMILES string of the molecule is CC[C@@H](CC(=O)N1C(=O)[C@H](Cc2ccnc(N)c2)[C@H]1C(=O)N(C)c1ccn(C)n1)c1cc(C)c(F)c(C)c1. The van der Waals surface area contributed by atoms with Crippen LogP contribution in [0.25, 0.3) is 0 Å². The maximum atomic E-state index is 14.2. The minimum atomic E-state index is -0.981. The summed E-state index contributed by atoms with van der Waals surface area (Å²) >= 11 is 0. The summed E-state index contributed by atoms with van der Waals surface area (Å²) < 4.78 is 15.8. The Hall–Kier alpha value is -4.08. The van der Waals surface area contributed by atoms with Crippen LogP contribution in [0.4, 0.5) is 16.0 Å². The van der Waals surface area contributed by atoms with E-state index in [1.54, 1.807) is 75.4 Å². The molecule has 0 bridgehead atoms. The molecule has 9 nitrogen and oxygen atoms in total. The van der Waals surface area contributed by atoms with Crippen molar-refractivity contribution in [3.8, 4) is 0 Å². The zero-order valence-electron chi connectivity index (χ0n) is 22.3. The van der Waals surface area contributed by atoms with Crippen molar-refractivity contribution in [3.05, 3.63) is 70.8 Å². The van der Waals surface area contributed by atoms with Gasteiger partial charge < -0.3 is 5.73 Å². The van der Waals surface area contributed by atoms with Gasteiger partial charge in [-0.2, -0.15) is 5.10 Å². The topological polar surface area (TPSA) is 114 Å². The molecule has 0 unspecified atom stereocenters. The summed E-state index contributed by atoms with van der Waals surface area (Å²) in [6.45, 7) is 5.33. The minimum Gasteiger partial charge on any atom is -0.384 e. The zero-order chi connectivity index (χ0) is 27.7. The summed E-state index contributed by atoms with van der Waals surface area (Å²) in [5, 5.41) is 4.28. The minimum absolute atomic E-state index is 0.0265. The number of carbonyl (C=O) groups is 3. The van der Waals surface area contributed by atoms with E-state index in [4.69, 9.17) is 5.73 Å². The normalized spacial score (nSPS) is 17.7. The number of carbonyl (C=O) groups excluding carboxylic acids is 3. The number of hydrogen-bond acceptors (Lipinski definition) is 6. The van der Waals surface area contributed by atoms with Gasteiger partial charge in [-0.15, -0.1) is 0 Å². The second-order valence-corrected chi connectivity index (χ2v) is 9.97. The van der Waals surface area contributed by atoms with E-state index in [9.17, 15) is 18.8 Å². The largest absolute Gasteiger partial charge is 0.384 e. The molecule has 1 aromatic carbocycles. The van der Waals surface area contributed by atoms with E-state index in [0.29, 0.717) is 29.2 Å². The summed E-state index contributed by atoms with van der Waals surface area (Å²) in [5.41, 5.74) is 8.42. The fourth-order valence-electron chi connectivity index (χ4n) is 5.10. The molecule has 3 aromatic rings. The third-order valence-corrected chi connectivity index (χ3v) is 7.25. The Balaban J connectivity index is 1.61. The van der Waals surface area contributed by atoms with Crippen LogP contribution in [0.2, 0.25) is 0 Å². The van der Waals surface area contributed by atoms with Gasteiger partial charge in [0.05, 0.1) is 5.92 Å². The van der Waals surface area contributed by atoms with Gasteiger partial charge in [-0.1, -0.05) is 19.1 Å². The number of amides is 3. The second-order valence-electron chi connectivity index (χ2n) is 9.97. The third kappa shape index (κ3) is 5.16. The second kappa shape index (κ2) is 10.7. The lowest BCUT2D eigenvalue weighted by Gasteiger charge is -2.46. The number of likely N-dealkylation sites (tertiary alicyclic amines) is 1. The molecule has 0 spiro atoms. The van der Waals surface area contributed by atoms with Gasteiger partial charge in [0.15, 0.2) is 5.82 Å². The first kappa shape index (κ1) is 27.0. The molecular weight excluding hydrogens is 487 g/mol. The average molecular weight is 521 g/mol. The van der Waals surface area contributed by atoms with E-state index in [1.165, 1.54) is 4.90 Å². The van der Waals surface area contributed by atoms with Crippen molar-refractivity contribution in [3.63, 3.8) is 0 Å². The first-order valence-electron chi connectivity index (χ1n) is 12.6. The van der Waals surface area contributed by atoms with Crippen LogP contribution in [0.5, 0.6) is 0 Å². The first-order valence-corrected chi connectivity index (χ1v) is 12.6. The number of nitrogens with two attached hydrogens (primary N) is 1. The van der Waals surface area contributed by atoms with Gasteiger partial charge in [0.1, 0.15) is 17.7 Å². The number of halogens is 1. The van der Waals surface area contributed by atoms with Crippen LogP contribution in [0.15, 0.2) is 42.7 Å². The quantitative estimate of drug-likeness (QED) is 0.456. The maximum absolute atomic E-state index is 14.2. The van der Waals surface area contributed by atoms with Gasteiger partial charge in [0, 0.05) is 39.0 Å². The summed E-state index contributed by atoms with van der Waals surface area (Å²) in [5.74, 6) is -1.72. The Morgan fingerprint density at radius 3 is 2.45 bits per heavy atom. The molecule has 10 heteroatoms. The lowest BCUT2D eigenvalue weighted by Crippen LogP contribution is -2.69. The van der Waals surface area contributed by atoms with Crippen LogP contribution >= 0.6 is 0 Å². The lowest BCUT2D eigenvalue weighted by atomic mass is 9.80. The molecule has 3 atom stereocenters. The number of hydrogen-bond donors (Lipinski definition) is 1. The number of aromatic nitrogens is 3. The van der Waals surface area contributed by atoms with Gasteiger partial charge in [-0.05, 0) is 67.0 Å². The highest BCUT2D eigenvalue weighted by Gasteiger charge is 2.55. The van der Waals surface area contributed by atoms with Gasteiger partial charge in [0.2, 0.25) is 11.8 Å². The standard InChI is InChI=1S/C28H33FN6O3/c1-6-19(20-11-16(2)25(29)17(3)12-20)15-24(36)35-26(28(38)34(5)23-8-10-33(4)32-23)21(27(35)37)13-18-7-9-31-22(30)14-18/h7-12,14,19,21,26H,6,13,15H2,1-5H3,(H2,30,31)/t19-,21+,26-/m0/s1. The molecule has 200 valence electrons. The molecule has 4 rings (SSSR count). The first-order chi connectivity index (χ1) is 18.0. The van der Waals surface area contributed by atoms with E-state index >= 15 is 0 Å². The Labute approximate surface area is 221 Å². The van der Waals surface area contributed by atoms with Crippen LogP contribution in [0.1, 0.15) is 47.9 Å². The van der Waals surface area contributed by atoms with Gasteiger partial charge >= 0.3 is 0 Å². The number of likely N-dealkylation sites (N-methyl/N-ethyl adjacent to an activating group) is 1. The number of nitrogen functional groups attached to an aromatic ring is 1. The highest BCUT2D eigenvalue weighted by atomic mass is 19.1. The zero-order valence-corrected chi connectivity index (χ0v) is 22.3. The van der Waals surface area contributed by atoms with Crippen molar-refractivity contribution in [1.29, 1.82) is 0 Å². The van der Waals surface area contributed by atoms with E-state index in [-0.39, 0.29) is 24.6 Å². The molecule has 2 N–H and O–H groups in total. The van der Waals surface area contributed by atoms with E-state index in [0.717, 1.165) is 16.0 Å². The molecule has 0 radical (unpaired) electrons. The Morgan fingerprint density at radius 2 is 1.87 bits per heavy atom. The molecular formula is C28H33FN6O3. The molecule has 2 aromatic heterocycles. The van der Waals surface area contributed by atoms with E-state index < -0.39 is 29.7 Å². The Morgan fingerprint density at radius 1 is 1.18 bits per heavy atom. The van der Waals surface area contributed by atoms with E-state index in [1.807, 2.05) is 6.92 Å². The smallest absolute Gasteiger partial charge is 0.252 e. The number of anilines is 2.